The smallest absolute Gasteiger partial charge is 0.323 e. The minimum Gasteiger partial charge on any atom is -0.480 e. The third-order valence-corrected chi connectivity index (χ3v) is 1.97. The van der Waals surface area contributed by atoms with Crippen LogP contribution in [0.3, 0.4) is 0 Å². The molecule has 3 nitrogen and oxygen atoms in total. The van der Waals surface area contributed by atoms with E-state index < -0.39 is 5.97 Å². The lowest BCUT2D eigenvalue weighted by atomic mass is 10.2. The van der Waals surface area contributed by atoms with E-state index in [4.69, 9.17) is 11.5 Å². The molecule has 0 bridgehead atoms. The van der Waals surface area contributed by atoms with Crippen molar-refractivity contribution in [1.82, 2.24) is 0 Å². The van der Waals surface area contributed by atoms with E-state index in [9.17, 15) is 4.79 Å². The van der Waals surface area contributed by atoms with Gasteiger partial charge in [0.05, 0.1) is 0 Å². The van der Waals surface area contributed by atoms with Crippen LogP contribution in [0.1, 0.15) is 6.42 Å². The Labute approximate surface area is 89.3 Å². The third kappa shape index (κ3) is 3.74. The number of carboxylic acids is 1. The number of carbonyl (C=O) groups is 1. The first-order chi connectivity index (χ1) is 7.24. The highest BCUT2D eigenvalue weighted by Gasteiger charge is 2.08. The predicted octanol–water partition coefficient (Wildman–Crippen LogP) is 1.60. The van der Waals surface area contributed by atoms with Gasteiger partial charge >= 0.3 is 5.97 Å². The number of terminal acetylenes is 1. The monoisotopic (exact) mass is 203 g/mol. The molecule has 0 aliphatic carbocycles. The molecular weight excluding hydrogens is 190 g/mol. The van der Waals surface area contributed by atoms with Gasteiger partial charge in [-0.3, -0.25) is 4.79 Å². The average molecular weight is 203 g/mol. The molecule has 0 aliphatic rings. The van der Waals surface area contributed by atoms with Gasteiger partial charge in [-0.2, -0.15) is 0 Å². The fourth-order valence-corrected chi connectivity index (χ4v) is 1.30. The SMILES string of the molecule is C#CCCN(CC(=O)O)c1ccccc1. The van der Waals surface area contributed by atoms with Crippen LogP contribution in [0, 0.1) is 12.3 Å². The summed E-state index contributed by atoms with van der Waals surface area (Å²) in [6.07, 6.45) is 5.71. The number of aliphatic carboxylic acids is 1. The molecule has 0 spiro atoms. The van der Waals surface area contributed by atoms with Gasteiger partial charge in [0.2, 0.25) is 0 Å². The van der Waals surface area contributed by atoms with E-state index in [1.165, 1.54) is 0 Å². The molecule has 0 atom stereocenters. The summed E-state index contributed by atoms with van der Waals surface area (Å²) in [5.41, 5.74) is 0.884. The zero-order valence-corrected chi connectivity index (χ0v) is 8.39. The molecule has 0 aromatic heterocycles. The number of benzene rings is 1. The second-order valence-electron chi connectivity index (χ2n) is 3.10. The normalized spacial score (nSPS) is 9.27. The minimum absolute atomic E-state index is 0.0221. The summed E-state index contributed by atoms with van der Waals surface area (Å²) in [6, 6.07) is 9.39. The maximum absolute atomic E-state index is 10.7. The largest absolute Gasteiger partial charge is 0.480 e. The highest BCUT2D eigenvalue weighted by Crippen LogP contribution is 2.12. The van der Waals surface area contributed by atoms with Gasteiger partial charge in [0, 0.05) is 18.7 Å². The topological polar surface area (TPSA) is 40.5 Å². The highest BCUT2D eigenvalue weighted by atomic mass is 16.4. The molecule has 1 rings (SSSR count). The van der Waals surface area contributed by atoms with Crippen molar-refractivity contribution >= 4 is 11.7 Å². The highest BCUT2D eigenvalue weighted by molar-refractivity contribution is 5.73. The van der Waals surface area contributed by atoms with Gasteiger partial charge in [-0.05, 0) is 12.1 Å². The van der Waals surface area contributed by atoms with Gasteiger partial charge < -0.3 is 10.0 Å². The van der Waals surface area contributed by atoms with Crippen LogP contribution < -0.4 is 4.90 Å². The molecule has 0 radical (unpaired) electrons. The molecule has 1 N–H and O–H groups in total. The number of rotatable bonds is 5. The molecule has 0 saturated heterocycles. The average Bonchev–Trinajstić information content (AvgIpc) is 2.25. The lowest BCUT2D eigenvalue weighted by Gasteiger charge is -2.21. The van der Waals surface area contributed by atoms with E-state index in [0.717, 1.165) is 5.69 Å². The molecule has 15 heavy (non-hydrogen) atoms. The quantitative estimate of drug-likeness (QED) is 0.739. The number of para-hydroxylation sites is 1. The lowest BCUT2D eigenvalue weighted by molar-refractivity contribution is -0.135. The van der Waals surface area contributed by atoms with Gasteiger partial charge in [-0.15, -0.1) is 12.3 Å². The number of hydrogen-bond donors (Lipinski definition) is 1. The van der Waals surface area contributed by atoms with Crippen molar-refractivity contribution in [3.05, 3.63) is 30.3 Å². The summed E-state index contributed by atoms with van der Waals surface area (Å²) in [7, 11) is 0. The van der Waals surface area contributed by atoms with Crippen LogP contribution in [0.5, 0.6) is 0 Å². The fourth-order valence-electron chi connectivity index (χ4n) is 1.30. The maximum atomic E-state index is 10.7. The van der Waals surface area contributed by atoms with Crippen LogP contribution in [0.2, 0.25) is 0 Å². The molecule has 1 aromatic carbocycles. The molecule has 0 amide bonds. The van der Waals surface area contributed by atoms with Crippen molar-refractivity contribution in [2.24, 2.45) is 0 Å². The number of carboxylic acid groups (broad SMARTS) is 1. The molecule has 1 aromatic rings. The van der Waals surface area contributed by atoms with E-state index >= 15 is 0 Å². The molecule has 0 fully saturated rings. The minimum atomic E-state index is -0.851. The first kappa shape index (κ1) is 11.1. The van der Waals surface area contributed by atoms with Gasteiger partial charge in [0.1, 0.15) is 6.54 Å². The lowest BCUT2D eigenvalue weighted by Crippen LogP contribution is -2.30. The number of anilines is 1. The first-order valence-electron chi connectivity index (χ1n) is 4.69. The van der Waals surface area contributed by atoms with Crippen LogP contribution in [-0.2, 0) is 4.79 Å². The predicted molar refractivity (Wildman–Crippen MR) is 59.7 cm³/mol. The third-order valence-electron chi connectivity index (χ3n) is 1.97. The van der Waals surface area contributed by atoms with Gasteiger partial charge in [-0.25, -0.2) is 0 Å². The van der Waals surface area contributed by atoms with Crippen molar-refractivity contribution < 1.29 is 9.90 Å². The van der Waals surface area contributed by atoms with Crippen molar-refractivity contribution in [1.29, 1.82) is 0 Å². The van der Waals surface area contributed by atoms with Gasteiger partial charge in [0.25, 0.3) is 0 Å². The van der Waals surface area contributed by atoms with Crippen molar-refractivity contribution in [2.75, 3.05) is 18.0 Å². The molecule has 3 heteroatoms. The zero-order chi connectivity index (χ0) is 11.1. The Hall–Kier alpha value is -1.95. The molecule has 0 unspecified atom stereocenters. The van der Waals surface area contributed by atoms with Crippen LogP contribution in [0.4, 0.5) is 5.69 Å². The first-order valence-corrected chi connectivity index (χ1v) is 4.69. The molecule has 0 heterocycles. The molecule has 0 saturated carbocycles. The van der Waals surface area contributed by atoms with Crippen molar-refractivity contribution in [3.8, 4) is 12.3 Å². The Bertz CT molecular complexity index is 354. The van der Waals surface area contributed by atoms with Crippen molar-refractivity contribution in [3.63, 3.8) is 0 Å². The zero-order valence-electron chi connectivity index (χ0n) is 8.39. The van der Waals surface area contributed by atoms with Crippen molar-refractivity contribution in [2.45, 2.75) is 6.42 Å². The summed E-state index contributed by atoms with van der Waals surface area (Å²) in [5.74, 6) is 1.66. The maximum Gasteiger partial charge on any atom is 0.323 e. The van der Waals surface area contributed by atoms with E-state index in [2.05, 4.69) is 5.92 Å². The summed E-state index contributed by atoms with van der Waals surface area (Å²) in [5, 5.41) is 8.75. The second-order valence-corrected chi connectivity index (χ2v) is 3.10. The van der Waals surface area contributed by atoms with Crippen LogP contribution in [0.15, 0.2) is 30.3 Å². The molecular formula is C12H13NO2. The summed E-state index contributed by atoms with van der Waals surface area (Å²) >= 11 is 0. The Balaban J connectivity index is 2.72. The fraction of sp³-hybridized carbons (Fsp3) is 0.250. The Morgan fingerprint density at radius 1 is 1.40 bits per heavy atom. The Kier molecular flexibility index (Phi) is 4.24. The molecule has 78 valence electrons. The van der Waals surface area contributed by atoms with Gasteiger partial charge in [0.15, 0.2) is 0 Å². The van der Waals surface area contributed by atoms with E-state index in [1.54, 1.807) is 4.90 Å². The van der Waals surface area contributed by atoms with E-state index in [1.807, 2.05) is 30.3 Å². The number of nitrogens with zero attached hydrogens (tertiary/aromatic N) is 1. The van der Waals surface area contributed by atoms with Crippen LogP contribution >= 0.6 is 0 Å². The number of hydrogen-bond acceptors (Lipinski definition) is 2. The summed E-state index contributed by atoms with van der Waals surface area (Å²) in [4.78, 5) is 12.4. The summed E-state index contributed by atoms with van der Waals surface area (Å²) in [6.45, 7) is 0.540. The van der Waals surface area contributed by atoms with Crippen LogP contribution in [0.25, 0.3) is 0 Å². The Morgan fingerprint density at radius 2 is 2.07 bits per heavy atom. The Morgan fingerprint density at radius 3 is 2.60 bits per heavy atom. The van der Waals surface area contributed by atoms with Gasteiger partial charge in [-0.1, -0.05) is 18.2 Å². The van der Waals surface area contributed by atoms with Crippen LogP contribution in [-0.4, -0.2) is 24.2 Å². The van der Waals surface area contributed by atoms with E-state index in [-0.39, 0.29) is 6.54 Å². The standard InChI is InChI=1S/C12H13NO2/c1-2-3-9-13(10-12(14)15)11-7-5-4-6-8-11/h1,4-8H,3,9-10H2,(H,14,15). The molecule has 0 aliphatic heterocycles. The van der Waals surface area contributed by atoms with E-state index in [0.29, 0.717) is 13.0 Å². The second kappa shape index (κ2) is 5.71. The summed E-state index contributed by atoms with van der Waals surface area (Å²) < 4.78 is 0.